The minimum atomic E-state index is -0.192. The molecule has 1 amide bonds. The van der Waals surface area contributed by atoms with Crippen LogP contribution in [0.1, 0.15) is 41.6 Å². The Balaban J connectivity index is 1.71. The monoisotopic (exact) mass is 449 g/mol. The number of aliphatic imine (C=N–C) groups is 1. The number of nitrogens with zero attached hydrogens (tertiary/aromatic N) is 2. The van der Waals surface area contributed by atoms with Crippen LogP contribution in [0.4, 0.5) is 0 Å². The van der Waals surface area contributed by atoms with Crippen LogP contribution >= 0.6 is 0 Å². The molecule has 0 radical (unpaired) electrons. The third kappa shape index (κ3) is 6.24. The van der Waals surface area contributed by atoms with Crippen molar-refractivity contribution in [2.45, 2.75) is 37.1 Å². The minimum absolute atomic E-state index is 0.0419. The van der Waals surface area contributed by atoms with Gasteiger partial charge in [0.05, 0.1) is 19.3 Å². The molecule has 0 unspecified atom stereocenters. The summed E-state index contributed by atoms with van der Waals surface area (Å²) in [6.07, 6.45) is 5.22. The number of guanidine groups is 1. The number of nitriles is 1. The smallest absolute Gasteiger partial charge is 0.255 e. The Hall–Kier alpha value is -3.57. The fourth-order valence-corrected chi connectivity index (χ4v) is 4.39. The molecule has 2 aromatic rings. The second-order valence-corrected chi connectivity index (χ2v) is 8.16. The lowest BCUT2D eigenvalue weighted by Crippen LogP contribution is -2.50. The van der Waals surface area contributed by atoms with Gasteiger partial charge in [-0.25, -0.2) is 0 Å². The number of hydrogen-bond acceptors (Lipinski definition) is 5. The summed E-state index contributed by atoms with van der Waals surface area (Å²) < 4.78 is 5.34. The SMILES string of the molecule is COc1ccccc1C(=O)NC[C@]1(c2ccccc2)CC[C@H](N/C(=N\C#N)NCCO)CC1. The minimum Gasteiger partial charge on any atom is -0.496 e. The van der Waals surface area contributed by atoms with Crippen molar-refractivity contribution < 1.29 is 14.6 Å². The van der Waals surface area contributed by atoms with Gasteiger partial charge >= 0.3 is 0 Å². The molecule has 8 nitrogen and oxygen atoms in total. The van der Waals surface area contributed by atoms with Crippen LogP contribution in [0.25, 0.3) is 0 Å². The number of hydrogen-bond donors (Lipinski definition) is 4. The zero-order valence-electron chi connectivity index (χ0n) is 18.9. The number of aliphatic hydroxyl groups excluding tert-OH is 1. The average molecular weight is 450 g/mol. The van der Waals surface area contributed by atoms with Gasteiger partial charge in [-0.3, -0.25) is 4.79 Å². The van der Waals surface area contributed by atoms with Crippen molar-refractivity contribution in [2.75, 3.05) is 26.8 Å². The van der Waals surface area contributed by atoms with Gasteiger partial charge in [-0.1, -0.05) is 42.5 Å². The summed E-state index contributed by atoms with van der Waals surface area (Å²) in [5.41, 5.74) is 1.53. The van der Waals surface area contributed by atoms with E-state index in [1.54, 1.807) is 25.4 Å². The maximum absolute atomic E-state index is 12.9. The molecule has 0 bridgehead atoms. The third-order valence-electron chi connectivity index (χ3n) is 6.17. The number of methoxy groups -OCH3 is 1. The predicted octanol–water partition coefficient (Wildman–Crippen LogP) is 2.31. The summed E-state index contributed by atoms with van der Waals surface area (Å²) in [5.74, 6) is 0.782. The van der Waals surface area contributed by atoms with Crippen LogP contribution in [-0.2, 0) is 5.41 Å². The maximum atomic E-state index is 12.9. The largest absolute Gasteiger partial charge is 0.496 e. The molecule has 0 saturated heterocycles. The van der Waals surface area contributed by atoms with Crippen molar-refractivity contribution in [3.05, 3.63) is 65.7 Å². The van der Waals surface area contributed by atoms with E-state index in [1.165, 1.54) is 5.56 Å². The van der Waals surface area contributed by atoms with Crippen LogP contribution in [0.15, 0.2) is 59.6 Å². The van der Waals surface area contributed by atoms with Crippen molar-refractivity contribution in [2.24, 2.45) is 4.99 Å². The first-order valence-corrected chi connectivity index (χ1v) is 11.2. The van der Waals surface area contributed by atoms with Crippen molar-refractivity contribution in [1.82, 2.24) is 16.0 Å². The lowest BCUT2D eigenvalue weighted by Gasteiger charge is -2.41. The number of carbonyl (C=O) groups is 1. The highest BCUT2D eigenvalue weighted by Crippen LogP contribution is 2.39. The van der Waals surface area contributed by atoms with Crippen LogP contribution in [-0.4, -0.2) is 49.8 Å². The molecular weight excluding hydrogens is 418 g/mol. The molecule has 0 aliphatic heterocycles. The Morgan fingerprint density at radius 1 is 1.15 bits per heavy atom. The second kappa shape index (κ2) is 11.9. The van der Waals surface area contributed by atoms with Gasteiger partial charge in [0.1, 0.15) is 5.75 Å². The molecule has 8 heteroatoms. The Morgan fingerprint density at radius 2 is 1.85 bits per heavy atom. The van der Waals surface area contributed by atoms with E-state index in [1.807, 2.05) is 30.3 Å². The van der Waals surface area contributed by atoms with Crippen LogP contribution in [0.2, 0.25) is 0 Å². The molecule has 2 aromatic carbocycles. The van der Waals surface area contributed by atoms with Crippen LogP contribution in [0.5, 0.6) is 5.75 Å². The number of para-hydroxylation sites is 1. The summed E-state index contributed by atoms with van der Waals surface area (Å²) in [6, 6.07) is 17.6. The standard InChI is InChI=1S/C25H31N5O3/c1-33-22-10-6-5-9-21(22)23(32)28-17-25(19-7-3-2-4-8-19)13-11-20(12-14-25)30-24(29-18-26)27-15-16-31/h2-10,20,31H,11-17H2,1H3,(H,28,32)(H2,27,29,30)/t20-,25-. The van der Waals surface area contributed by atoms with Crippen molar-refractivity contribution in [1.29, 1.82) is 5.26 Å². The van der Waals surface area contributed by atoms with Gasteiger partial charge in [-0.05, 0) is 43.4 Å². The molecule has 1 aliphatic rings. The topological polar surface area (TPSA) is 119 Å². The summed E-state index contributed by atoms with van der Waals surface area (Å²) in [5, 5.41) is 27.3. The Bertz CT molecular complexity index is 979. The molecule has 4 N–H and O–H groups in total. The number of nitrogens with one attached hydrogen (secondary N) is 3. The van der Waals surface area contributed by atoms with Crippen molar-refractivity contribution in [3.63, 3.8) is 0 Å². The number of rotatable bonds is 8. The molecule has 33 heavy (non-hydrogen) atoms. The first kappa shape index (κ1) is 24.1. The number of aliphatic hydroxyl groups is 1. The number of amides is 1. The molecular formula is C25H31N5O3. The maximum Gasteiger partial charge on any atom is 0.255 e. The summed E-state index contributed by atoms with van der Waals surface area (Å²) in [4.78, 5) is 16.7. The molecule has 1 saturated carbocycles. The average Bonchev–Trinajstić information content (AvgIpc) is 2.87. The zero-order valence-corrected chi connectivity index (χ0v) is 18.9. The molecule has 3 rings (SSSR count). The van der Waals surface area contributed by atoms with E-state index in [2.05, 4.69) is 33.1 Å². The molecule has 0 heterocycles. The summed E-state index contributed by atoms with van der Waals surface area (Å²) >= 11 is 0. The van der Waals surface area contributed by atoms with E-state index >= 15 is 0 Å². The van der Waals surface area contributed by atoms with Gasteiger partial charge in [0.15, 0.2) is 0 Å². The highest BCUT2D eigenvalue weighted by Gasteiger charge is 2.37. The number of ether oxygens (including phenoxy) is 1. The lowest BCUT2D eigenvalue weighted by atomic mass is 9.68. The number of carbonyl (C=O) groups excluding carboxylic acids is 1. The van der Waals surface area contributed by atoms with Crippen molar-refractivity contribution in [3.8, 4) is 11.9 Å². The molecule has 174 valence electrons. The fourth-order valence-electron chi connectivity index (χ4n) is 4.39. The lowest BCUT2D eigenvalue weighted by molar-refractivity contribution is 0.0932. The number of benzene rings is 2. The molecule has 1 aliphatic carbocycles. The summed E-state index contributed by atoms with van der Waals surface area (Å²) in [6.45, 7) is 0.797. The Labute approximate surface area is 194 Å². The fraction of sp³-hybridized carbons (Fsp3) is 0.400. The Kier molecular flexibility index (Phi) is 8.67. The molecule has 0 atom stereocenters. The van der Waals surface area contributed by atoms with Crippen LogP contribution < -0.4 is 20.7 Å². The van der Waals surface area contributed by atoms with Gasteiger partial charge in [0.2, 0.25) is 12.2 Å². The van der Waals surface area contributed by atoms with Crippen molar-refractivity contribution >= 4 is 11.9 Å². The molecule has 0 spiro atoms. The van der Waals surface area contributed by atoms with Crippen LogP contribution in [0, 0.1) is 11.5 Å². The highest BCUT2D eigenvalue weighted by molar-refractivity contribution is 5.97. The van der Waals surface area contributed by atoms with E-state index in [9.17, 15) is 4.79 Å². The van der Waals surface area contributed by atoms with E-state index in [0.717, 1.165) is 25.7 Å². The Morgan fingerprint density at radius 3 is 2.52 bits per heavy atom. The van der Waals surface area contributed by atoms with Crippen LogP contribution in [0.3, 0.4) is 0 Å². The first-order valence-electron chi connectivity index (χ1n) is 11.2. The zero-order chi connectivity index (χ0) is 23.5. The van der Waals surface area contributed by atoms with Gasteiger partial charge in [0.25, 0.3) is 5.91 Å². The first-order chi connectivity index (χ1) is 16.1. The third-order valence-corrected chi connectivity index (χ3v) is 6.17. The van der Waals surface area contributed by atoms with Gasteiger partial charge in [-0.2, -0.15) is 5.26 Å². The van der Waals surface area contributed by atoms with E-state index in [0.29, 0.717) is 30.4 Å². The predicted molar refractivity (Wildman–Crippen MR) is 127 cm³/mol. The normalized spacial score (nSPS) is 20.4. The quantitative estimate of drug-likeness (QED) is 0.279. The second-order valence-electron chi connectivity index (χ2n) is 8.16. The molecule has 1 fully saturated rings. The van der Waals surface area contributed by atoms with E-state index < -0.39 is 0 Å². The van der Waals surface area contributed by atoms with Gasteiger partial charge < -0.3 is 25.8 Å². The van der Waals surface area contributed by atoms with Gasteiger partial charge in [0, 0.05) is 24.5 Å². The van der Waals surface area contributed by atoms with E-state index in [4.69, 9.17) is 15.1 Å². The van der Waals surface area contributed by atoms with E-state index in [-0.39, 0.29) is 24.0 Å². The summed E-state index contributed by atoms with van der Waals surface area (Å²) in [7, 11) is 1.56. The highest BCUT2D eigenvalue weighted by atomic mass is 16.5. The van der Waals surface area contributed by atoms with Gasteiger partial charge in [-0.15, -0.1) is 4.99 Å². The molecule has 0 aromatic heterocycles.